The highest BCUT2D eigenvalue weighted by molar-refractivity contribution is 6.05. The van der Waals surface area contributed by atoms with E-state index in [1.54, 1.807) is 12.1 Å². The van der Waals surface area contributed by atoms with Crippen molar-refractivity contribution in [2.45, 2.75) is 33.1 Å². The Morgan fingerprint density at radius 1 is 1.24 bits per heavy atom. The van der Waals surface area contributed by atoms with Crippen molar-refractivity contribution in [1.29, 1.82) is 0 Å². The van der Waals surface area contributed by atoms with Crippen LogP contribution in [0.4, 0.5) is 5.69 Å². The maximum absolute atomic E-state index is 12.4. The van der Waals surface area contributed by atoms with Crippen molar-refractivity contribution in [2.24, 2.45) is 5.41 Å². The monoisotopic (exact) mass is 290 g/mol. The van der Waals surface area contributed by atoms with E-state index in [4.69, 9.17) is 10.5 Å². The second-order valence-electron chi connectivity index (χ2n) is 5.40. The Labute approximate surface area is 125 Å². The third kappa shape index (κ3) is 2.86. The summed E-state index contributed by atoms with van der Waals surface area (Å²) in [6.07, 6.45) is 1.69. The number of imide groups is 1. The lowest BCUT2D eigenvalue weighted by Gasteiger charge is -2.23. The third-order valence-corrected chi connectivity index (χ3v) is 4.33. The molecule has 0 bridgehead atoms. The van der Waals surface area contributed by atoms with Crippen LogP contribution in [0.2, 0.25) is 0 Å². The van der Waals surface area contributed by atoms with Crippen LogP contribution in [0.5, 0.6) is 5.75 Å². The number of rotatable bonds is 6. The van der Waals surface area contributed by atoms with E-state index in [9.17, 15) is 9.59 Å². The Morgan fingerprint density at radius 3 is 2.48 bits per heavy atom. The zero-order chi connectivity index (χ0) is 15.5. The van der Waals surface area contributed by atoms with Crippen LogP contribution in [-0.2, 0) is 9.59 Å². The SMILES string of the molecule is CCC1(CC)CC(=O)N(CCOc2ccccc2N)C1=O. The van der Waals surface area contributed by atoms with Crippen LogP contribution in [0, 0.1) is 5.41 Å². The Bertz CT molecular complexity index is 538. The van der Waals surface area contributed by atoms with Crippen molar-refractivity contribution < 1.29 is 14.3 Å². The maximum Gasteiger partial charge on any atom is 0.236 e. The molecule has 5 heteroatoms. The van der Waals surface area contributed by atoms with E-state index in [2.05, 4.69) is 0 Å². The molecule has 2 N–H and O–H groups in total. The van der Waals surface area contributed by atoms with Crippen LogP contribution in [-0.4, -0.2) is 29.9 Å². The van der Waals surface area contributed by atoms with Crippen LogP contribution in [0.3, 0.4) is 0 Å². The van der Waals surface area contributed by atoms with E-state index in [-0.39, 0.29) is 25.0 Å². The van der Waals surface area contributed by atoms with Gasteiger partial charge in [0.15, 0.2) is 0 Å². The maximum atomic E-state index is 12.4. The van der Waals surface area contributed by atoms with Gasteiger partial charge in [-0.3, -0.25) is 14.5 Å². The Hall–Kier alpha value is -2.04. The number of ether oxygens (including phenoxy) is 1. The highest BCUT2D eigenvalue weighted by Gasteiger charge is 2.48. The quantitative estimate of drug-likeness (QED) is 0.644. The predicted octanol–water partition coefficient (Wildman–Crippen LogP) is 2.21. The van der Waals surface area contributed by atoms with Crippen LogP contribution < -0.4 is 10.5 Å². The molecule has 2 rings (SSSR count). The van der Waals surface area contributed by atoms with Crippen LogP contribution in [0.15, 0.2) is 24.3 Å². The summed E-state index contributed by atoms with van der Waals surface area (Å²) in [7, 11) is 0. The van der Waals surface area contributed by atoms with Crippen molar-refractivity contribution in [3.8, 4) is 5.75 Å². The molecule has 1 heterocycles. The average Bonchev–Trinajstić information content (AvgIpc) is 2.73. The summed E-state index contributed by atoms with van der Waals surface area (Å²) in [5, 5.41) is 0. The minimum Gasteiger partial charge on any atom is -0.490 e. The summed E-state index contributed by atoms with van der Waals surface area (Å²) >= 11 is 0. The summed E-state index contributed by atoms with van der Waals surface area (Å²) in [6, 6.07) is 7.18. The van der Waals surface area contributed by atoms with Gasteiger partial charge >= 0.3 is 0 Å². The molecule has 1 saturated heterocycles. The first-order valence-electron chi connectivity index (χ1n) is 7.36. The summed E-state index contributed by atoms with van der Waals surface area (Å²) in [6.45, 7) is 4.45. The van der Waals surface area contributed by atoms with Gasteiger partial charge in [0.1, 0.15) is 12.4 Å². The molecule has 0 spiro atoms. The van der Waals surface area contributed by atoms with Gasteiger partial charge in [-0.1, -0.05) is 26.0 Å². The summed E-state index contributed by atoms with van der Waals surface area (Å²) in [4.78, 5) is 25.8. The third-order valence-electron chi connectivity index (χ3n) is 4.33. The molecule has 0 aliphatic carbocycles. The fraction of sp³-hybridized carbons (Fsp3) is 0.500. The molecule has 0 aromatic heterocycles. The van der Waals surface area contributed by atoms with E-state index >= 15 is 0 Å². The van der Waals surface area contributed by atoms with Gasteiger partial charge in [-0.2, -0.15) is 0 Å². The van der Waals surface area contributed by atoms with Crippen LogP contribution >= 0.6 is 0 Å². The minimum absolute atomic E-state index is 0.0675. The number of anilines is 1. The number of likely N-dealkylation sites (tertiary alicyclic amines) is 1. The number of benzene rings is 1. The van der Waals surface area contributed by atoms with Gasteiger partial charge in [0.05, 0.1) is 17.6 Å². The van der Waals surface area contributed by atoms with E-state index in [0.717, 1.165) is 0 Å². The van der Waals surface area contributed by atoms with Crippen LogP contribution in [0.1, 0.15) is 33.1 Å². The van der Waals surface area contributed by atoms with Gasteiger partial charge in [0, 0.05) is 6.42 Å². The first kappa shape index (κ1) is 15.4. The van der Waals surface area contributed by atoms with E-state index in [1.165, 1.54) is 4.90 Å². The molecule has 1 aliphatic heterocycles. The zero-order valence-corrected chi connectivity index (χ0v) is 12.6. The second-order valence-corrected chi connectivity index (χ2v) is 5.40. The molecule has 0 saturated carbocycles. The van der Waals surface area contributed by atoms with Gasteiger partial charge in [-0.25, -0.2) is 0 Å². The summed E-state index contributed by atoms with van der Waals surface area (Å²) in [5.74, 6) is 0.407. The van der Waals surface area contributed by atoms with Crippen molar-refractivity contribution in [3.05, 3.63) is 24.3 Å². The molecule has 1 aromatic carbocycles. The standard InChI is InChI=1S/C16H22N2O3/c1-3-16(4-2)11-14(19)18(15(16)20)9-10-21-13-8-6-5-7-12(13)17/h5-8H,3-4,9-11,17H2,1-2H3. The number of carbonyl (C=O) groups is 2. The van der Waals surface area contributed by atoms with Gasteiger partial charge < -0.3 is 10.5 Å². The molecule has 21 heavy (non-hydrogen) atoms. The smallest absolute Gasteiger partial charge is 0.236 e. The Balaban J connectivity index is 1.96. The number of para-hydroxylation sites is 2. The molecule has 1 aliphatic rings. The number of hydrogen-bond donors (Lipinski definition) is 1. The van der Waals surface area contributed by atoms with Gasteiger partial charge in [-0.05, 0) is 25.0 Å². The number of nitrogens with zero attached hydrogens (tertiary/aromatic N) is 1. The molecule has 114 valence electrons. The van der Waals surface area contributed by atoms with Crippen LogP contribution in [0.25, 0.3) is 0 Å². The first-order chi connectivity index (χ1) is 10.0. The highest BCUT2D eigenvalue weighted by Crippen LogP contribution is 2.38. The summed E-state index contributed by atoms with van der Waals surface area (Å²) in [5.41, 5.74) is 5.82. The van der Waals surface area contributed by atoms with Crippen molar-refractivity contribution >= 4 is 17.5 Å². The minimum atomic E-state index is -0.511. The molecule has 5 nitrogen and oxygen atoms in total. The molecule has 0 unspecified atom stereocenters. The second kappa shape index (κ2) is 6.16. The molecule has 0 atom stereocenters. The van der Waals surface area contributed by atoms with Gasteiger partial charge in [-0.15, -0.1) is 0 Å². The van der Waals surface area contributed by atoms with Gasteiger partial charge in [0.25, 0.3) is 0 Å². The molecular weight excluding hydrogens is 268 g/mol. The van der Waals surface area contributed by atoms with E-state index in [0.29, 0.717) is 30.7 Å². The number of carbonyl (C=O) groups excluding carboxylic acids is 2. The van der Waals surface area contributed by atoms with Crippen molar-refractivity contribution in [2.75, 3.05) is 18.9 Å². The lowest BCUT2D eigenvalue weighted by Crippen LogP contribution is -2.37. The predicted molar refractivity (Wildman–Crippen MR) is 80.7 cm³/mol. The van der Waals surface area contributed by atoms with Crippen molar-refractivity contribution in [3.63, 3.8) is 0 Å². The molecule has 0 radical (unpaired) electrons. The number of nitrogen functional groups attached to an aromatic ring is 1. The molecule has 2 amide bonds. The topological polar surface area (TPSA) is 72.6 Å². The average molecular weight is 290 g/mol. The van der Waals surface area contributed by atoms with Gasteiger partial charge in [0.2, 0.25) is 11.8 Å². The molecular formula is C16H22N2O3. The lowest BCUT2D eigenvalue weighted by molar-refractivity contribution is -0.142. The van der Waals surface area contributed by atoms with E-state index < -0.39 is 5.41 Å². The first-order valence-corrected chi connectivity index (χ1v) is 7.36. The fourth-order valence-electron chi connectivity index (χ4n) is 2.75. The zero-order valence-electron chi connectivity index (χ0n) is 12.6. The number of amides is 2. The molecule has 1 fully saturated rings. The number of nitrogens with two attached hydrogens (primary N) is 1. The largest absolute Gasteiger partial charge is 0.490 e. The van der Waals surface area contributed by atoms with E-state index in [1.807, 2.05) is 26.0 Å². The number of hydrogen-bond acceptors (Lipinski definition) is 4. The normalized spacial score (nSPS) is 17.3. The highest BCUT2D eigenvalue weighted by atomic mass is 16.5. The Kier molecular flexibility index (Phi) is 4.50. The van der Waals surface area contributed by atoms with Crippen molar-refractivity contribution in [1.82, 2.24) is 4.90 Å². The Morgan fingerprint density at radius 2 is 1.90 bits per heavy atom. The fourth-order valence-corrected chi connectivity index (χ4v) is 2.75. The lowest BCUT2D eigenvalue weighted by atomic mass is 9.81. The molecule has 1 aromatic rings. The summed E-state index contributed by atoms with van der Waals surface area (Å²) < 4.78 is 5.56.